The van der Waals surface area contributed by atoms with Crippen molar-refractivity contribution < 1.29 is 14.6 Å². The van der Waals surface area contributed by atoms with E-state index in [0.717, 1.165) is 54.6 Å². The lowest BCUT2D eigenvalue weighted by atomic mass is 10.00. The summed E-state index contributed by atoms with van der Waals surface area (Å²) in [6, 6.07) is 24.4. The maximum absolute atomic E-state index is 13.5. The van der Waals surface area contributed by atoms with Gasteiger partial charge in [-0.25, -0.2) is 14.2 Å². The lowest BCUT2D eigenvalue weighted by Gasteiger charge is -2.34. The van der Waals surface area contributed by atoms with E-state index in [2.05, 4.69) is 29.2 Å². The van der Waals surface area contributed by atoms with Gasteiger partial charge in [0, 0.05) is 25.3 Å². The molecular weight excluding hydrogens is 556 g/mol. The quantitative estimate of drug-likeness (QED) is 0.160. The van der Waals surface area contributed by atoms with E-state index in [1.54, 1.807) is 12.1 Å². The van der Waals surface area contributed by atoms with Crippen LogP contribution >= 0.6 is 0 Å². The molecule has 0 aliphatic carbocycles. The molecule has 4 aromatic rings. The Labute approximate surface area is 257 Å². The number of hydrogen-bond acceptors (Lipinski definition) is 6. The summed E-state index contributed by atoms with van der Waals surface area (Å²) in [5.74, 6) is -1.19. The predicted molar refractivity (Wildman–Crippen MR) is 173 cm³/mol. The Bertz CT molecular complexity index is 1620. The molecule has 9 nitrogen and oxygen atoms in total. The molecule has 1 atom stereocenters. The second-order valence-electron chi connectivity index (χ2n) is 11.6. The maximum atomic E-state index is 13.5. The fourth-order valence-corrected chi connectivity index (χ4v) is 6.21. The number of nitrogen functional groups attached to an aromatic ring is 1. The van der Waals surface area contributed by atoms with E-state index in [4.69, 9.17) is 10.5 Å². The zero-order valence-electron chi connectivity index (χ0n) is 25.3. The van der Waals surface area contributed by atoms with Crippen molar-refractivity contribution in [2.24, 2.45) is 0 Å². The highest BCUT2D eigenvalue weighted by Crippen LogP contribution is 2.30. The van der Waals surface area contributed by atoms with Crippen LogP contribution in [0.4, 0.5) is 5.69 Å². The van der Waals surface area contributed by atoms with E-state index in [1.807, 2.05) is 43.3 Å². The first kappa shape index (κ1) is 31.2. The number of aliphatic carboxylic acids is 1. The third-order valence-electron chi connectivity index (χ3n) is 8.53. The zero-order chi connectivity index (χ0) is 31.1. The number of rotatable bonds is 13. The van der Waals surface area contributed by atoms with Crippen molar-refractivity contribution in [2.75, 3.05) is 25.4 Å². The molecular formula is C35H42N4O5. The molecule has 1 aliphatic heterocycles. The molecule has 0 saturated carbocycles. The van der Waals surface area contributed by atoms with Crippen molar-refractivity contribution in [3.05, 3.63) is 111 Å². The Morgan fingerprint density at radius 3 is 2.14 bits per heavy atom. The maximum Gasteiger partial charge on any atom is 0.332 e. The van der Waals surface area contributed by atoms with Gasteiger partial charge in [0.25, 0.3) is 5.56 Å². The van der Waals surface area contributed by atoms with Gasteiger partial charge in [-0.1, -0.05) is 74.0 Å². The van der Waals surface area contributed by atoms with Crippen molar-refractivity contribution in [2.45, 2.75) is 70.2 Å². The lowest BCUT2D eigenvalue weighted by molar-refractivity contribution is -0.141. The topological polar surface area (TPSA) is 120 Å². The Balaban J connectivity index is 1.21. The highest BCUT2D eigenvalue weighted by atomic mass is 16.5. The first-order valence-electron chi connectivity index (χ1n) is 15.6. The number of carboxylic acid groups (broad SMARTS) is 1. The normalized spacial score (nSPS) is 15.1. The second-order valence-corrected chi connectivity index (χ2v) is 11.6. The molecule has 5 rings (SSSR count). The number of aromatic nitrogens is 2. The SMILES string of the molecule is CCCC(C(=O)O)n1c(=O)c2cc(N)ccc2n(CCCCN2CCC(OC(c3ccccc3)c3ccccc3)CC2)c1=O. The van der Waals surface area contributed by atoms with Gasteiger partial charge in [-0.05, 0) is 68.0 Å². The summed E-state index contributed by atoms with van der Waals surface area (Å²) in [4.78, 5) is 41.3. The van der Waals surface area contributed by atoms with Crippen LogP contribution in [-0.4, -0.2) is 50.8 Å². The average Bonchev–Trinajstić information content (AvgIpc) is 3.04. The van der Waals surface area contributed by atoms with E-state index >= 15 is 0 Å². The standard InChI is InChI=1S/C35H42N4O5/c1-2-11-31(34(41)42)39-33(40)29-24-27(36)16-17-30(29)38(35(39)43)21-10-9-20-37-22-18-28(19-23-37)44-32(25-12-5-3-6-13-25)26-14-7-4-8-15-26/h3-8,12-17,24,28,31-32H,2,9-11,18-23,36H2,1H3,(H,41,42). The average molecular weight is 599 g/mol. The molecule has 1 unspecified atom stereocenters. The molecule has 0 spiro atoms. The van der Waals surface area contributed by atoms with Crippen molar-refractivity contribution in [1.29, 1.82) is 0 Å². The molecule has 3 N–H and O–H groups in total. The smallest absolute Gasteiger partial charge is 0.332 e. The molecule has 9 heteroatoms. The van der Waals surface area contributed by atoms with E-state index in [1.165, 1.54) is 10.6 Å². The van der Waals surface area contributed by atoms with Crippen LogP contribution in [0.3, 0.4) is 0 Å². The van der Waals surface area contributed by atoms with Crippen LogP contribution in [0.2, 0.25) is 0 Å². The first-order chi connectivity index (χ1) is 21.4. The summed E-state index contributed by atoms with van der Waals surface area (Å²) in [6.45, 7) is 4.97. The highest BCUT2D eigenvalue weighted by Gasteiger charge is 2.26. The molecule has 1 saturated heterocycles. The van der Waals surface area contributed by atoms with E-state index in [0.29, 0.717) is 30.6 Å². The zero-order valence-corrected chi connectivity index (χ0v) is 25.3. The molecule has 0 bridgehead atoms. The monoisotopic (exact) mass is 598 g/mol. The molecule has 0 radical (unpaired) electrons. The molecule has 3 aromatic carbocycles. The second kappa shape index (κ2) is 14.5. The minimum atomic E-state index is -1.22. The predicted octanol–water partition coefficient (Wildman–Crippen LogP) is 5.22. The number of aryl methyl sites for hydroxylation is 1. The molecule has 1 aromatic heterocycles. The van der Waals surface area contributed by atoms with E-state index in [9.17, 15) is 19.5 Å². The van der Waals surface area contributed by atoms with Crippen molar-refractivity contribution >= 4 is 22.6 Å². The number of hydrogen-bond donors (Lipinski definition) is 2. The number of benzene rings is 3. The molecule has 232 valence electrons. The number of carbonyl (C=O) groups is 1. The van der Waals surface area contributed by atoms with Gasteiger partial charge in [-0.2, -0.15) is 0 Å². The molecule has 44 heavy (non-hydrogen) atoms. The Morgan fingerprint density at radius 2 is 1.55 bits per heavy atom. The fraction of sp³-hybridized carbons (Fsp3) is 0.400. The summed E-state index contributed by atoms with van der Waals surface area (Å²) in [5.41, 5.74) is 7.94. The summed E-state index contributed by atoms with van der Waals surface area (Å²) < 4.78 is 9.12. The minimum absolute atomic E-state index is 0.0984. The Kier molecular flexibility index (Phi) is 10.3. The van der Waals surface area contributed by atoms with Crippen molar-refractivity contribution in [3.8, 4) is 0 Å². The number of fused-ring (bicyclic) bond motifs is 1. The van der Waals surface area contributed by atoms with Crippen molar-refractivity contribution in [1.82, 2.24) is 14.0 Å². The number of unbranched alkanes of at least 4 members (excludes halogenated alkanes) is 1. The largest absolute Gasteiger partial charge is 0.480 e. The number of nitrogens with two attached hydrogens (primary N) is 1. The van der Waals surface area contributed by atoms with Gasteiger partial charge in [0.2, 0.25) is 0 Å². The van der Waals surface area contributed by atoms with Gasteiger partial charge < -0.3 is 20.5 Å². The summed E-state index contributed by atoms with van der Waals surface area (Å²) in [7, 11) is 0. The van der Waals surface area contributed by atoms with Gasteiger partial charge in [0.1, 0.15) is 12.1 Å². The molecule has 2 heterocycles. The van der Waals surface area contributed by atoms with Crippen LogP contribution in [0.15, 0.2) is 88.5 Å². The Hall–Kier alpha value is -4.21. The van der Waals surface area contributed by atoms with Gasteiger partial charge in [0.15, 0.2) is 0 Å². The third kappa shape index (κ3) is 7.11. The number of ether oxygens (including phenoxy) is 1. The summed E-state index contributed by atoms with van der Waals surface area (Å²) in [6.07, 6.45) is 4.25. The minimum Gasteiger partial charge on any atom is -0.480 e. The van der Waals surface area contributed by atoms with Crippen LogP contribution in [-0.2, 0) is 16.1 Å². The number of piperidine rings is 1. The first-order valence-corrected chi connectivity index (χ1v) is 15.6. The van der Waals surface area contributed by atoms with Gasteiger partial charge >= 0.3 is 11.7 Å². The van der Waals surface area contributed by atoms with Crippen LogP contribution in [0.1, 0.15) is 68.7 Å². The van der Waals surface area contributed by atoms with E-state index in [-0.39, 0.29) is 24.0 Å². The third-order valence-corrected chi connectivity index (χ3v) is 8.53. The molecule has 0 amide bonds. The van der Waals surface area contributed by atoms with Gasteiger partial charge in [0.05, 0.1) is 17.0 Å². The Morgan fingerprint density at radius 1 is 0.932 bits per heavy atom. The highest BCUT2D eigenvalue weighted by molar-refractivity contribution is 5.82. The number of nitrogens with zero attached hydrogens (tertiary/aromatic N) is 3. The van der Waals surface area contributed by atoms with Crippen LogP contribution in [0.5, 0.6) is 0 Å². The van der Waals surface area contributed by atoms with E-state index < -0.39 is 23.3 Å². The van der Waals surface area contributed by atoms with Gasteiger partial charge in [-0.3, -0.25) is 9.36 Å². The number of likely N-dealkylation sites (tertiary alicyclic amines) is 1. The fourth-order valence-electron chi connectivity index (χ4n) is 6.21. The summed E-state index contributed by atoms with van der Waals surface area (Å²) in [5, 5.41) is 10.1. The van der Waals surface area contributed by atoms with Crippen molar-refractivity contribution in [3.63, 3.8) is 0 Å². The van der Waals surface area contributed by atoms with Crippen LogP contribution in [0, 0.1) is 0 Å². The molecule has 1 fully saturated rings. The lowest BCUT2D eigenvalue weighted by Crippen LogP contribution is -2.44. The summed E-state index contributed by atoms with van der Waals surface area (Å²) >= 11 is 0. The van der Waals surface area contributed by atoms with Gasteiger partial charge in [-0.15, -0.1) is 0 Å². The number of carboxylic acids is 1. The van der Waals surface area contributed by atoms with Crippen LogP contribution in [0.25, 0.3) is 10.9 Å². The van der Waals surface area contributed by atoms with Crippen LogP contribution < -0.4 is 17.0 Å². The number of anilines is 1. The molecule has 1 aliphatic rings.